The minimum Gasteiger partial charge on any atom is -0.248 e. The zero-order chi connectivity index (χ0) is 10.3. The van der Waals surface area contributed by atoms with Gasteiger partial charge in [-0.05, 0) is 41.8 Å². The Labute approximate surface area is 93.8 Å². The maximum atomic E-state index is 3.15. The molecular formula is C12H12N2S. The van der Waals surface area contributed by atoms with Crippen LogP contribution in [0.3, 0.4) is 0 Å². The first-order valence-electron chi connectivity index (χ1n) is 5.03. The Bertz CT molecular complexity index is 462. The number of rotatable bonds is 1. The van der Waals surface area contributed by atoms with Crippen LogP contribution in [0.4, 0.5) is 0 Å². The van der Waals surface area contributed by atoms with Gasteiger partial charge in [-0.25, -0.2) is 5.43 Å². The molecule has 1 heterocycles. The molecule has 1 aromatic carbocycles. The van der Waals surface area contributed by atoms with E-state index in [2.05, 4.69) is 46.3 Å². The molecule has 0 spiro atoms. The van der Waals surface area contributed by atoms with Gasteiger partial charge in [0.15, 0.2) is 0 Å². The van der Waals surface area contributed by atoms with Gasteiger partial charge in [0.1, 0.15) is 0 Å². The van der Waals surface area contributed by atoms with E-state index in [1.807, 2.05) is 7.05 Å². The van der Waals surface area contributed by atoms with Crippen molar-refractivity contribution in [3.05, 3.63) is 46.4 Å². The molecule has 1 N–H and O–H groups in total. The Hall–Kier alpha value is -1.03. The molecule has 3 heteroatoms. The fourth-order valence-electron chi connectivity index (χ4n) is 1.97. The van der Waals surface area contributed by atoms with E-state index < -0.39 is 0 Å². The maximum Gasteiger partial charge on any atom is 0.0438 e. The second-order valence-corrected chi connectivity index (χ2v) is 4.65. The van der Waals surface area contributed by atoms with Crippen LogP contribution in [0.1, 0.15) is 11.1 Å². The monoisotopic (exact) mass is 216 g/mol. The highest BCUT2D eigenvalue weighted by Gasteiger charge is 2.23. The fraction of sp³-hybridized carbons (Fsp3) is 0.167. The van der Waals surface area contributed by atoms with Crippen molar-refractivity contribution in [2.24, 2.45) is 0 Å². The molecular weight excluding hydrogens is 204 g/mol. The van der Waals surface area contributed by atoms with Crippen molar-refractivity contribution in [2.45, 2.75) is 0 Å². The molecule has 1 aliphatic heterocycles. The molecule has 0 aromatic heterocycles. The summed E-state index contributed by atoms with van der Waals surface area (Å²) in [4.78, 5) is 1.34. The zero-order valence-corrected chi connectivity index (χ0v) is 9.34. The zero-order valence-electron chi connectivity index (χ0n) is 8.53. The number of benzene rings is 1. The lowest BCUT2D eigenvalue weighted by Gasteiger charge is -2.24. The predicted molar refractivity (Wildman–Crippen MR) is 65.8 cm³/mol. The number of hydrogen-bond acceptors (Lipinski definition) is 3. The lowest BCUT2D eigenvalue weighted by atomic mass is 10.1. The number of fused-ring (bicyclic) bond motifs is 3. The first kappa shape index (κ1) is 9.21. The normalized spacial score (nSPS) is 19.3. The number of nitrogens with zero attached hydrogens (tertiary/aromatic N) is 1. The Morgan fingerprint density at radius 2 is 2.20 bits per heavy atom. The smallest absolute Gasteiger partial charge is 0.0438 e. The SMILES string of the molecule is CNN1CC=C2C(=Cc3ccccc32)S1. The van der Waals surface area contributed by atoms with Crippen LogP contribution in [0.2, 0.25) is 0 Å². The summed E-state index contributed by atoms with van der Waals surface area (Å²) in [5.41, 5.74) is 7.25. The summed E-state index contributed by atoms with van der Waals surface area (Å²) in [6.07, 6.45) is 4.54. The van der Waals surface area contributed by atoms with Gasteiger partial charge in [0.05, 0.1) is 0 Å². The van der Waals surface area contributed by atoms with Crippen LogP contribution < -0.4 is 5.43 Å². The third-order valence-electron chi connectivity index (χ3n) is 2.72. The lowest BCUT2D eigenvalue weighted by Crippen LogP contribution is -2.30. The van der Waals surface area contributed by atoms with Gasteiger partial charge in [-0.3, -0.25) is 0 Å². The highest BCUT2D eigenvalue weighted by molar-refractivity contribution is 8.01. The quantitative estimate of drug-likeness (QED) is 0.726. The van der Waals surface area contributed by atoms with Crippen LogP contribution in [0.5, 0.6) is 0 Å². The molecule has 3 rings (SSSR count). The Morgan fingerprint density at radius 1 is 1.33 bits per heavy atom. The summed E-state index contributed by atoms with van der Waals surface area (Å²) in [5, 5.41) is 0. The molecule has 2 aliphatic rings. The van der Waals surface area contributed by atoms with Crippen LogP contribution in [0.25, 0.3) is 11.6 Å². The Balaban J connectivity index is 2.05. The number of nitrogens with one attached hydrogen (secondary N) is 1. The summed E-state index contributed by atoms with van der Waals surface area (Å²) in [6, 6.07) is 8.56. The van der Waals surface area contributed by atoms with Crippen molar-refractivity contribution in [1.29, 1.82) is 0 Å². The van der Waals surface area contributed by atoms with Crippen molar-refractivity contribution in [2.75, 3.05) is 13.6 Å². The second kappa shape index (κ2) is 3.52. The largest absolute Gasteiger partial charge is 0.248 e. The molecule has 0 radical (unpaired) electrons. The molecule has 0 bridgehead atoms. The molecule has 0 unspecified atom stereocenters. The summed E-state index contributed by atoms with van der Waals surface area (Å²) < 4.78 is 2.13. The lowest BCUT2D eigenvalue weighted by molar-refractivity contribution is 0.426. The van der Waals surface area contributed by atoms with E-state index in [1.54, 1.807) is 11.9 Å². The third kappa shape index (κ3) is 1.44. The molecule has 76 valence electrons. The highest BCUT2D eigenvalue weighted by atomic mass is 32.2. The van der Waals surface area contributed by atoms with Crippen molar-refractivity contribution in [1.82, 2.24) is 9.84 Å². The average Bonchev–Trinajstić information content (AvgIpc) is 2.66. The van der Waals surface area contributed by atoms with Gasteiger partial charge in [-0.2, -0.15) is 4.41 Å². The average molecular weight is 216 g/mol. The third-order valence-corrected chi connectivity index (χ3v) is 3.81. The molecule has 15 heavy (non-hydrogen) atoms. The Kier molecular flexibility index (Phi) is 2.16. The molecule has 0 saturated heterocycles. The fourth-order valence-corrected chi connectivity index (χ4v) is 2.92. The van der Waals surface area contributed by atoms with Crippen LogP contribution in [0, 0.1) is 0 Å². The maximum absolute atomic E-state index is 3.15. The number of hydrogen-bond donors (Lipinski definition) is 1. The first-order chi connectivity index (χ1) is 7.38. The van der Waals surface area contributed by atoms with Crippen LogP contribution in [-0.2, 0) is 0 Å². The molecule has 1 aromatic rings. The predicted octanol–water partition coefficient (Wildman–Crippen LogP) is 2.52. The number of allylic oxidation sites excluding steroid dienone is 1. The second-order valence-electron chi connectivity index (χ2n) is 3.59. The van der Waals surface area contributed by atoms with Gasteiger partial charge in [0, 0.05) is 11.4 Å². The van der Waals surface area contributed by atoms with Gasteiger partial charge in [-0.15, -0.1) is 0 Å². The standard InChI is InChI=1S/C12H12N2S/c1-13-14-7-6-11-10-5-3-2-4-9(10)8-12(11)15-14/h2-6,8,13H,7H2,1H3. The van der Waals surface area contributed by atoms with Crippen molar-refractivity contribution in [3.63, 3.8) is 0 Å². The molecule has 0 fully saturated rings. The van der Waals surface area contributed by atoms with Crippen molar-refractivity contribution < 1.29 is 0 Å². The van der Waals surface area contributed by atoms with E-state index in [4.69, 9.17) is 0 Å². The van der Waals surface area contributed by atoms with E-state index in [1.165, 1.54) is 21.6 Å². The summed E-state index contributed by atoms with van der Waals surface area (Å²) in [5.74, 6) is 0. The van der Waals surface area contributed by atoms with E-state index in [-0.39, 0.29) is 0 Å². The summed E-state index contributed by atoms with van der Waals surface area (Å²) in [6.45, 7) is 0.947. The van der Waals surface area contributed by atoms with Gasteiger partial charge in [-0.1, -0.05) is 30.3 Å². The van der Waals surface area contributed by atoms with Crippen LogP contribution in [-0.4, -0.2) is 18.0 Å². The minimum absolute atomic E-state index is 0.947. The van der Waals surface area contributed by atoms with Gasteiger partial charge in [0.25, 0.3) is 0 Å². The van der Waals surface area contributed by atoms with E-state index in [9.17, 15) is 0 Å². The van der Waals surface area contributed by atoms with Gasteiger partial charge in [0.2, 0.25) is 0 Å². The van der Waals surface area contributed by atoms with Crippen molar-refractivity contribution in [3.8, 4) is 0 Å². The Morgan fingerprint density at radius 3 is 3.07 bits per heavy atom. The number of hydrazine groups is 1. The summed E-state index contributed by atoms with van der Waals surface area (Å²) >= 11 is 1.77. The van der Waals surface area contributed by atoms with Gasteiger partial charge < -0.3 is 0 Å². The highest BCUT2D eigenvalue weighted by Crippen LogP contribution is 2.44. The van der Waals surface area contributed by atoms with E-state index >= 15 is 0 Å². The molecule has 2 nitrogen and oxygen atoms in total. The molecule has 0 saturated carbocycles. The van der Waals surface area contributed by atoms with Crippen LogP contribution in [0.15, 0.2) is 35.2 Å². The van der Waals surface area contributed by atoms with Crippen LogP contribution >= 0.6 is 11.9 Å². The molecule has 0 amide bonds. The first-order valence-corrected chi connectivity index (χ1v) is 5.80. The summed E-state index contributed by atoms with van der Waals surface area (Å²) in [7, 11) is 1.95. The van der Waals surface area contributed by atoms with E-state index in [0.29, 0.717) is 0 Å². The van der Waals surface area contributed by atoms with Gasteiger partial charge >= 0.3 is 0 Å². The van der Waals surface area contributed by atoms with E-state index in [0.717, 1.165) is 6.54 Å². The molecule has 1 aliphatic carbocycles. The minimum atomic E-state index is 0.947. The molecule has 0 atom stereocenters. The topological polar surface area (TPSA) is 15.3 Å². The van der Waals surface area contributed by atoms with Crippen molar-refractivity contribution >= 4 is 23.6 Å².